The standard InChI is InChI=1S/C20H22F2N4O2/c1-13-11-26(14(2)27)6-5-25(13)12-20(28)24-19-4-3-15(10-23-19)16-7-17(21)9-18(22)8-16/h3-4,7-10,13H,5-6,11-12H2,1-2H3,(H,23,24,28)/t13-/m0/s1. The van der Waals surface area contributed by atoms with Gasteiger partial charge in [-0.15, -0.1) is 0 Å². The summed E-state index contributed by atoms with van der Waals surface area (Å²) in [5.74, 6) is -1.13. The summed E-state index contributed by atoms with van der Waals surface area (Å²) in [6.07, 6.45) is 1.46. The van der Waals surface area contributed by atoms with E-state index in [1.807, 2.05) is 11.8 Å². The molecule has 1 aromatic heterocycles. The van der Waals surface area contributed by atoms with Crippen molar-refractivity contribution in [1.82, 2.24) is 14.8 Å². The van der Waals surface area contributed by atoms with Gasteiger partial charge in [-0.2, -0.15) is 0 Å². The van der Waals surface area contributed by atoms with Crippen LogP contribution in [0.15, 0.2) is 36.5 Å². The third-order valence-electron chi connectivity index (χ3n) is 4.78. The van der Waals surface area contributed by atoms with Crippen molar-refractivity contribution in [2.45, 2.75) is 19.9 Å². The van der Waals surface area contributed by atoms with Crippen LogP contribution < -0.4 is 5.32 Å². The summed E-state index contributed by atoms with van der Waals surface area (Å²) in [7, 11) is 0. The van der Waals surface area contributed by atoms with Crippen molar-refractivity contribution in [3.8, 4) is 11.1 Å². The van der Waals surface area contributed by atoms with Crippen LogP contribution in [0.1, 0.15) is 13.8 Å². The lowest BCUT2D eigenvalue weighted by molar-refractivity contribution is -0.132. The van der Waals surface area contributed by atoms with E-state index in [9.17, 15) is 18.4 Å². The lowest BCUT2D eigenvalue weighted by Gasteiger charge is -2.39. The first-order chi connectivity index (χ1) is 13.3. The molecule has 0 spiro atoms. The highest BCUT2D eigenvalue weighted by atomic mass is 19.1. The first-order valence-electron chi connectivity index (χ1n) is 9.04. The number of amides is 2. The second-order valence-corrected chi connectivity index (χ2v) is 6.92. The molecule has 2 amide bonds. The molecule has 1 saturated heterocycles. The Morgan fingerprint density at radius 1 is 1.14 bits per heavy atom. The molecule has 28 heavy (non-hydrogen) atoms. The highest BCUT2D eigenvalue weighted by molar-refractivity contribution is 5.91. The number of aromatic nitrogens is 1. The summed E-state index contributed by atoms with van der Waals surface area (Å²) < 4.78 is 26.7. The van der Waals surface area contributed by atoms with Gasteiger partial charge in [0.15, 0.2) is 0 Å². The molecular formula is C20H22F2N4O2. The summed E-state index contributed by atoms with van der Waals surface area (Å²) in [5.41, 5.74) is 0.922. The molecule has 3 rings (SSSR count). The topological polar surface area (TPSA) is 65.5 Å². The van der Waals surface area contributed by atoms with Crippen molar-refractivity contribution in [1.29, 1.82) is 0 Å². The number of halogens is 2. The Labute approximate surface area is 162 Å². The number of anilines is 1. The van der Waals surface area contributed by atoms with Gasteiger partial charge < -0.3 is 10.2 Å². The molecule has 0 unspecified atom stereocenters. The normalized spacial score (nSPS) is 17.4. The van der Waals surface area contributed by atoms with Crippen LogP contribution in [-0.2, 0) is 9.59 Å². The largest absolute Gasteiger partial charge is 0.340 e. The van der Waals surface area contributed by atoms with Crippen molar-refractivity contribution in [3.05, 3.63) is 48.2 Å². The number of carbonyl (C=O) groups is 2. The van der Waals surface area contributed by atoms with Crippen LogP contribution in [0.3, 0.4) is 0 Å². The van der Waals surface area contributed by atoms with E-state index in [0.717, 1.165) is 6.07 Å². The average molecular weight is 388 g/mol. The average Bonchev–Trinajstić information content (AvgIpc) is 2.63. The van der Waals surface area contributed by atoms with Gasteiger partial charge in [0.1, 0.15) is 17.5 Å². The van der Waals surface area contributed by atoms with Crippen molar-refractivity contribution in [2.24, 2.45) is 0 Å². The van der Waals surface area contributed by atoms with Crippen LogP contribution in [-0.4, -0.2) is 58.8 Å². The predicted octanol–water partition coefficient (Wildman–Crippen LogP) is 2.52. The minimum atomic E-state index is -0.661. The van der Waals surface area contributed by atoms with E-state index < -0.39 is 11.6 Å². The van der Waals surface area contributed by atoms with Gasteiger partial charge in [-0.1, -0.05) is 0 Å². The van der Waals surface area contributed by atoms with Gasteiger partial charge in [-0.25, -0.2) is 13.8 Å². The Kier molecular flexibility index (Phi) is 5.99. The van der Waals surface area contributed by atoms with Gasteiger partial charge in [0.05, 0.1) is 6.54 Å². The molecule has 1 atom stereocenters. The van der Waals surface area contributed by atoms with E-state index in [4.69, 9.17) is 0 Å². The van der Waals surface area contributed by atoms with E-state index in [0.29, 0.717) is 36.6 Å². The van der Waals surface area contributed by atoms with E-state index in [2.05, 4.69) is 10.3 Å². The number of piperazine rings is 1. The molecule has 0 saturated carbocycles. The molecule has 1 aromatic carbocycles. The Hall–Kier alpha value is -2.87. The smallest absolute Gasteiger partial charge is 0.239 e. The molecule has 6 nitrogen and oxygen atoms in total. The monoisotopic (exact) mass is 388 g/mol. The maximum Gasteiger partial charge on any atom is 0.239 e. The summed E-state index contributed by atoms with van der Waals surface area (Å²) in [6.45, 7) is 5.55. The van der Waals surface area contributed by atoms with Crippen LogP contribution in [0.25, 0.3) is 11.1 Å². The number of hydrogen-bond acceptors (Lipinski definition) is 4. The minimum absolute atomic E-state index is 0.0402. The molecular weight excluding hydrogens is 366 g/mol. The zero-order valence-corrected chi connectivity index (χ0v) is 15.8. The summed E-state index contributed by atoms with van der Waals surface area (Å²) >= 11 is 0. The lowest BCUT2D eigenvalue weighted by atomic mass is 10.1. The molecule has 2 heterocycles. The van der Waals surface area contributed by atoms with Crippen molar-refractivity contribution in [2.75, 3.05) is 31.5 Å². The predicted molar refractivity (Wildman–Crippen MR) is 102 cm³/mol. The molecule has 8 heteroatoms. The zero-order chi connectivity index (χ0) is 20.3. The summed E-state index contributed by atoms with van der Waals surface area (Å²) in [5, 5.41) is 2.72. The maximum absolute atomic E-state index is 13.3. The van der Waals surface area contributed by atoms with Crippen molar-refractivity contribution >= 4 is 17.6 Å². The third-order valence-corrected chi connectivity index (χ3v) is 4.78. The number of carbonyl (C=O) groups excluding carboxylic acids is 2. The number of hydrogen-bond donors (Lipinski definition) is 1. The Morgan fingerprint density at radius 3 is 2.43 bits per heavy atom. The van der Waals surface area contributed by atoms with Gasteiger partial charge in [0.25, 0.3) is 0 Å². The van der Waals surface area contributed by atoms with Gasteiger partial charge >= 0.3 is 0 Å². The summed E-state index contributed by atoms with van der Waals surface area (Å²) in [4.78, 5) is 31.7. The molecule has 0 radical (unpaired) electrons. The maximum atomic E-state index is 13.3. The number of rotatable bonds is 4. The number of nitrogens with one attached hydrogen (secondary N) is 1. The number of benzene rings is 1. The van der Waals surface area contributed by atoms with Crippen LogP contribution in [0.5, 0.6) is 0 Å². The molecule has 0 aliphatic carbocycles. The molecule has 1 aliphatic rings. The molecule has 1 N–H and O–H groups in total. The van der Waals surface area contributed by atoms with E-state index >= 15 is 0 Å². The highest BCUT2D eigenvalue weighted by Crippen LogP contribution is 2.22. The highest BCUT2D eigenvalue weighted by Gasteiger charge is 2.26. The molecule has 148 valence electrons. The van der Waals surface area contributed by atoms with Gasteiger partial charge in [-0.3, -0.25) is 14.5 Å². The van der Waals surface area contributed by atoms with Crippen LogP contribution in [0.2, 0.25) is 0 Å². The Bertz CT molecular complexity index is 853. The Morgan fingerprint density at radius 2 is 1.86 bits per heavy atom. The van der Waals surface area contributed by atoms with Crippen LogP contribution in [0, 0.1) is 11.6 Å². The quantitative estimate of drug-likeness (QED) is 0.874. The SMILES string of the molecule is CC(=O)N1CCN(CC(=O)Nc2ccc(-c3cc(F)cc(F)c3)cn2)[C@@H](C)C1. The molecule has 0 bridgehead atoms. The van der Waals surface area contributed by atoms with Crippen molar-refractivity contribution in [3.63, 3.8) is 0 Å². The first-order valence-corrected chi connectivity index (χ1v) is 9.04. The molecule has 1 aliphatic heterocycles. The second kappa shape index (κ2) is 8.43. The fourth-order valence-electron chi connectivity index (χ4n) is 3.24. The zero-order valence-electron chi connectivity index (χ0n) is 15.8. The fourth-order valence-corrected chi connectivity index (χ4v) is 3.24. The molecule has 2 aromatic rings. The number of pyridine rings is 1. The van der Waals surface area contributed by atoms with Gasteiger partial charge in [0.2, 0.25) is 11.8 Å². The fraction of sp³-hybridized carbons (Fsp3) is 0.350. The summed E-state index contributed by atoms with van der Waals surface area (Å²) in [6, 6.07) is 6.57. The van der Waals surface area contributed by atoms with Crippen LogP contribution in [0.4, 0.5) is 14.6 Å². The lowest BCUT2D eigenvalue weighted by Crippen LogP contribution is -2.54. The van der Waals surface area contributed by atoms with Gasteiger partial charge in [-0.05, 0) is 36.8 Å². The van der Waals surface area contributed by atoms with E-state index in [1.54, 1.807) is 24.0 Å². The minimum Gasteiger partial charge on any atom is -0.340 e. The van der Waals surface area contributed by atoms with E-state index in [1.165, 1.54) is 18.3 Å². The number of nitrogens with zero attached hydrogens (tertiary/aromatic N) is 3. The Balaban J connectivity index is 1.58. The molecule has 1 fully saturated rings. The van der Waals surface area contributed by atoms with Crippen molar-refractivity contribution < 1.29 is 18.4 Å². The first kappa shape index (κ1) is 19.9. The third kappa shape index (κ3) is 4.89. The van der Waals surface area contributed by atoms with Gasteiger partial charge in [0, 0.05) is 50.4 Å². The second-order valence-electron chi connectivity index (χ2n) is 6.92. The van der Waals surface area contributed by atoms with Crippen LogP contribution >= 0.6 is 0 Å². The van der Waals surface area contributed by atoms with E-state index in [-0.39, 0.29) is 24.4 Å².